The van der Waals surface area contributed by atoms with Gasteiger partial charge in [-0.1, -0.05) is 0 Å². The molecule has 3 nitrogen and oxygen atoms in total. The molecule has 0 unspecified atom stereocenters. The molecule has 1 fully saturated rings. The summed E-state index contributed by atoms with van der Waals surface area (Å²) >= 11 is 1.92. The van der Waals surface area contributed by atoms with Crippen LogP contribution in [0.5, 0.6) is 0 Å². The average molecular weight is 251 g/mol. The van der Waals surface area contributed by atoms with Crippen molar-refractivity contribution in [2.45, 2.75) is 11.8 Å². The van der Waals surface area contributed by atoms with Crippen LogP contribution < -0.4 is 11.1 Å². The highest BCUT2D eigenvalue weighted by Crippen LogP contribution is 2.22. The van der Waals surface area contributed by atoms with Gasteiger partial charge in [0.25, 0.3) is 0 Å². The van der Waals surface area contributed by atoms with Gasteiger partial charge in [-0.15, -0.1) is 11.8 Å². The van der Waals surface area contributed by atoms with E-state index in [9.17, 15) is 0 Å². The zero-order valence-electron chi connectivity index (χ0n) is 10.4. The fourth-order valence-electron chi connectivity index (χ4n) is 1.97. The molecule has 1 aromatic carbocycles. The Hall–Kier alpha value is -0.710. The third kappa shape index (κ3) is 3.91. The van der Waals surface area contributed by atoms with Gasteiger partial charge in [0.2, 0.25) is 0 Å². The summed E-state index contributed by atoms with van der Waals surface area (Å²) in [5.74, 6) is 1.16. The molecule has 0 bridgehead atoms. The second-order valence-corrected chi connectivity index (χ2v) is 5.63. The van der Waals surface area contributed by atoms with Crippen molar-refractivity contribution in [2.75, 3.05) is 44.2 Å². The molecule has 0 amide bonds. The molecular formula is C13H21N3S. The topological polar surface area (TPSA) is 41.3 Å². The van der Waals surface area contributed by atoms with Crippen molar-refractivity contribution in [2.24, 2.45) is 0 Å². The molecule has 0 saturated carbocycles. The predicted octanol–water partition coefficient (Wildman–Crippen LogP) is 1.57. The summed E-state index contributed by atoms with van der Waals surface area (Å²) in [6.45, 7) is 7.87. The maximum absolute atomic E-state index is 5.81. The fourth-order valence-corrected chi connectivity index (χ4v) is 2.97. The number of hydrogen-bond donors (Lipinski definition) is 2. The molecule has 4 heteroatoms. The van der Waals surface area contributed by atoms with E-state index in [-0.39, 0.29) is 0 Å². The van der Waals surface area contributed by atoms with E-state index in [0.29, 0.717) is 0 Å². The molecule has 1 aliphatic rings. The normalized spacial score (nSPS) is 17.2. The lowest BCUT2D eigenvalue weighted by molar-refractivity contribution is 0.255. The molecule has 2 rings (SSSR count). The van der Waals surface area contributed by atoms with E-state index in [4.69, 9.17) is 5.73 Å². The minimum Gasteiger partial charge on any atom is -0.399 e. The van der Waals surface area contributed by atoms with E-state index in [1.165, 1.54) is 30.1 Å². The van der Waals surface area contributed by atoms with Crippen molar-refractivity contribution in [1.29, 1.82) is 0 Å². The second kappa shape index (κ2) is 6.28. The van der Waals surface area contributed by atoms with Gasteiger partial charge in [-0.2, -0.15) is 0 Å². The van der Waals surface area contributed by atoms with Gasteiger partial charge >= 0.3 is 0 Å². The number of aryl methyl sites for hydroxylation is 1. The molecule has 3 N–H and O–H groups in total. The van der Waals surface area contributed by atoms with Crippen LogP contribution in [0, 0.1) is 6.92 Å². The molecule has 0 aromatic heterocycles. The van der Waals surface area contributed by atoms with Crippen molar-refractivity contribution < 1.29 is 0 Å². The Balaban J connectivity index is 1.75. The van der Waals surface area contributed by atoms with Crippen LogP contribution >= 0.6 is 11.8 Å². The predicted molar refractivity (Wildman–Crippen MR) is 75.6 cm³/mol. The van der Waals surface area contributed by atoms with Crippen LogP contribution in [0.2, 0.25) is 0 Å². The minimum absolute atomic E-state index is 0.886. The number of hydrogen-bond acceptors (Lipinski definition) is 4. The number of thioether (sulfide) groups is 1. The summed E-state index contributed by atoms with van der Waals surface area (Å²) in [7, 11) is 0. The standard InChI is InChI=1S/C13H21N3S/c1-11-10-12(2-3-13(11)14)17-9-8-16-6-4-15-5-7-16/h2-3,10,15H,4-9,14H2,1H3. The number of anilines is 1. The maximum Gasteiger partial charge on any atom is 0.0344 e. The first-order valence-electron chi connectivity index (χ1n) is 6.18. The smallest absolute Gasteiger partial charge is 0.0344 e. The lowest BCUT2D eigenvalue weighted by Crippen LogP contribution is -2.44. The SMILES string of the molecule is Cc1cc(SCCN2CCNCC2)ccc1N. The molecule has 0 atom stereocenters. The Bertz CT molecular complexity index is 362. The summed E-state index contributed by atoms with van der Waals surface area (Å²) in [5.41, 5.74) is 7.87. The molecule has 1 aliphatic heterocycles. The quantitative estimate of drug-likeness (QED) is 0.630. The molecule has 0 aliphatic carbocycles. The van der Waals surface area contributed by atoms with Gasteiger partial charge in [-0.3, -0.25) is 4.90 Å². The van der Waals surface area contributed by atoms with Gasteiger partial charge < -0.3 is 11.1 Å². The third-order valence-corrected chi connectivity index (χ3v) is 4.10. The van der Waals surface area contributed by atoms with E-state index in [1.807, 2.05) is 17.8 Å². The number of benzene rings is 1. The number of nitrogens with zero attached hydrogens (tertiary/aromatic N) is 1. The number of nitrogen functional groups attached to an aromatic ring is 1. The summed E-state index contributed by atoms with van der Waals surface area (Å²) in [6, 6.07) is 6.30. The lowest BCUT2D eigenvalue weighted by atomic mass is 10.2. The zero-order chi connectivity index (χ0) is 12.1. The monoisotopic (exact) mass is 251 g/mol. The highest BCUT2D eigenvalue weighted by atomic mass is 32.2. The van der Waals surface area contributed by atoms with Crippen molar-refractivity contribution in [3.8, 4) is 0 Å². The van der Waals surface area contributed by atoms with E-state index in [1.54, 1.807) is 0 Å². The van der Waals surface area contributed by atoms with Gasteiger partial charge in [0.1, 0.15) is 0 Å². The van der Waals surface area contributed by atoms with Crippen molar-refractivity contribution >= 4 is 17.4 Å². The first-order valence-corrected chi connectivity index (χ1v) is 7.16. The Morgan fingerprint density at radius 1 is 1.35 bits per heavy atom. The molecule has 17 heavy (non-hydrogen) atoms. The number of nitrogens with two attached hydrogens (primary N) is 1. The number of nitrogens with one attached hydrogen (secondary N) is 1. The minimum atomic E-state index is 0.886. The first kappa shape index (κ1) is 12.7. The molecule has 0 radical (unpaired) electrons. The number of piperazine rings is 1. The van der Waals surface area contributed by atoms with Crippen molar-refractivity contribution in [1.82, 2.24) is 10.2 Å². The first-order chi connectivity index (χ1) is 8.25. The Morgan fingerprint density at radius 2 is 2.12 bits per heavy atom. The van der Waals surface area contributed by atoms with Crippen LogP contribution in [0.3, 0.4) is 0 Å². The summed E-state index contributed by atoms with van der Waals surface area (Å²) < 4.78 is 0. The fraction of sp³-hybridized carbons (Fsp3) is 0.538. The Morgan fingerprint density at radius 3 is 2.82 bits per heavy atom. The molecule has 1 aromatic rings. The van der Waals surface area contributed by atoms with Gasteiger partial charge in [-0.05, 0) is 30.7 Å². The molecule has 94 valence electrons. The van der Waals surface area contributed by atoms with Gasteiger partial charge in [0.05, 0.1) is 0 Å². The van der Waals surface area contributed by atoms with E-state index in [0.717, 1.165) is 24.5 Å². The van der Waals surface area contributed by atoms with Crippen LogP contribution in [-0.4, -0.2) is 43.4 Å². The highest BCUT2D eigenvalue weighted by molar-refractivity contribution is 7.99. The number of rotatable bonds is 4. The Kier molecular flexibility index (Phi) is 4.71. The molecule has 0 spiro atoms. The van der Waals surface area contributed by atoms with Crippen molar-refractivity contribution in [3.63, 3.8) is 0 Å². The molecule has 1 heterocycles. The largest absolute Gasteiger partial charge is 0.399 e. The van der Waals surface area contributed by atoms with E-state index >= 15 is 0 Å². The van der Waals surface area contributed by atoms with E-state index in [2.05, 4.69) is 29.3 Å². The van der Waals surface area contributed by atoms with Crippen LogP contribution in [-0.2, 0) is 0 Å². The second-order valence-electron chi connectivity index (χ2n) is 4.46. The van der Waals surface area contributed by atoms with Gasteiger partial charge in [0.15, 0.2) is 0 Å². The maximum atomic E-state index is 5.81. The van der Waals surface area contributed by atoms with Crippen molar-refractivity contribution in [3.05, 3.63) is 23.8 Å². The van der Waals surface area contributed by atoms with Crippen LogP contribution in [0.1, 0.15) is 5.56 Å². The van der Waals surface area contributed by atoms with Crippen LogP contribution in [0.4, 0.5) is 5.69 Å². The van der Waals surface area contributed by atoms with Gasteiger partial charge in [-0.25, -0.2) is 0 Å². The van der Waals surface area contributed by atoms with E-state index < -0.39 is 0 Å². The third-order valence-electron chi connectivity index (χ3n) is 3.13. The molecular weight excluding hydrogens is 230 g/mol. The average Bonchev–Trinajstić information content (AvgIpc) is 2.35. The van der Waals surface area contributed by atoms with Crippen LogP contribution in [0.15, 0.2) is 23.1 Å². The highest BCUT2D eigenvalue weighted by Gasteiger charge is 2.08. The van der Waals surface area contributed by atoms with Gasteiger partial charge in [0, 0.05) is 49.1 Å². The summed E-state index contributed by atoms with van der Waals surface area (Å²) in [4.78, 5) is 3.85. The Labute approximate surface area is 108 Å². The van der Waals surface area contributed by atoms with Crippen LogP contribution in [0.25, 0.3) is 0 Å². The summed E-state index contributed by atoms with van der Waals surface area (Å²) in [5, 5.41) is 3.37. The molecule has 1 saturated heterocycles. The zero-order valence-corrected chi connectivity index (χ0v) is 11.2. The lowest BCUT2D eigenvalue weighted by Gasteiger charge is -2.26. The summed E-state index contributed by atoms with van der Waals surface area (Å²) in [6.07, 6.45) is 0.